The summed E-state index contributed by atoms with van der Waals surface area (Å²) in [6.45, 7) is 5.08. The fourth-order valence-corrected chi connectivity index (χ4v) is 4.76. The van der Waals surface area contributed by atoms with Gasteiger partial charge in [0.05, 0.1) is 12.2 Å². The van der Waals surface area contributed by atoms with Crippen LogP contribution in [0.2, 0.25) is 0 Å². The zero-order chi connectivity index (χ0) is 18.2. The van der Waals surface area contributed by atoms with Crippen LogP contribution in [-0.2, 0) is 32.6 Å². The van der Waals surface area contributed by atoms with Gasteiger partial charge in [0.2, 0.25) is 0 Å². The first-order valence-electron chi connectivity index (χ1n) is 9.44. The summed E-state index contributed by atoms with van der Waals surface area (Å²) < 4.78 is 2.01. The molecule has 0 aliphatic carbocycles. The zero-order valence-corrected chi connectivity index (χ0v) is 16.0. The lowest BCUT2D eigenvalue weighted by atomic mass is 10.00. The standard InChI is InChI=1S/C21H22N4OS/c26-21(24-8-7-16-4-1-2-5-17(16)13-24)20-12-18-14-23(9-10-25(18)22-20)15-19-6-3-11-27-19/h1-6,11-12H,7-10,13-15H2. The first-order valence-corrected chi connectivity index (χ1v) is 10.3. The van der Waals surface area contributed by atoms with Crippen LogP contribution in [0.4, 0.5) is 0 Å². The highest BCUT2D eigenvalue weighted by atomic mass is 32.1. The summed E-state index contributed by atoms with van der Waals surface area (Å²) in [5.74, 6) is 0.0520. The summed E-state index contributed by atoms with van der Waals surface area (Å²) in [7, 11) is 0. The number of thiophene rings is 1. The first kappa shape index (κ1) is 16.7. The minimum Gasteiger partial charge on any atom is -0.333 e. The van der Waals surface area contributed by atoms with Crippen molar-refractivity contribution in [3.8, 4) is 0 Å². The number of rotatable bonds is 3. The van der Waals surface area contributed by atoms with E-state index in [2.05, 4.69) is 45.7 Å². The predicted octanol–water partition coefficient (Wildman–Crippen LogP) is 3.16. The van der Waals surface area contributed by atoms with E-state index in [0.29, 0.717) is 12.2 Å². The van der Waals surface area contributed by atoms with Gasteiger partial charge in [0.15, 0.2) is 5.69 Å². The SMILES string of the molecule is O=C(c1cc2n(n1)CCN(Cc1cccs1)C2)N1CCc2ccccc2C1. The smallest absolute Gasteiger partial charge is 0.274 e. The van der Waals surface area contributed by atoms with Crippen molar-refractivity contribution in [1.82, 2.24) is 19.6 Å². The van der Waals surface area contributed by atoms with Gasteiger partial charge in [-0.25, -0.2) is 0 Å². The molecule has 0 saturated heterocycles. The van der Waals surface area contributed by atoms with E-state index in [4.69, 9.17) is 0 Å². The van der Waals surface area contributed by atoms with Gasteiger partial charge in [0.1, 0.15) is 0 Å². The Morgan fingerprint density at radius 2 is 1.93 bits per heavy atom. The third kappa shape index (κ3) is 3.31. The maximum Gasteiger partial charge on any atom is 0.274 e. The maximum absolute atomic E-state index is 13.0. The molecule has 0 saturated carbocycles. The second kappa shape index (κ2) is 6.94. The Hall–Kier alpha value is -2.44. The van der Waals surface area contributed by atoms with Crippen molar-refractivity contribution in [2.24, 2.45) is 0 Å². The lowest BCUT2D eigenvalue weighted by molar-refractivity contribution is 0.0727. The predicted molar refractivity (Wildman–Crippen MR) is 106 cm³/mol. The number of benzene rings is 1. The number of hydrogen-bond donors (Lipinski definition) is 0. The molecule has 0 fully saturated rings. The highest BCUT2D eigenvalue weighted by molar-refractivity contribution is 7.09. The summed E-state index contributed by atoms with van der Waals surface area (Å²) >= 11 is 1.80. The molecule has 0 atom stereocenters. The third-order valence-electron chi connectivity index (χ3n) is 5.47. The Morgan fingerprint density at radius 3 is 2.78 bits per heavy atom. The Labute approximate surface area is 162 Å². The molecule has 5 rings (SSSR count). The van der Waals surface area contributed by atoms with Crippen molar-refractivity contribution in [2.75, 3.05) is 13.1 Å². The minimum atomic E-state index is 0.0520. The Bertz CT molecular complexity index is 962. The van der Waals surface area contributed by atoms with Gasteiger partial charge in [0, 0.05) is 37.6 Å². The van der Waals surface area contributed by atoms with Gasteiger partial charge in [-0.15, -0.1) is 11.3 Å². The van der Waals surface area contributed by atoms with Gasteiger partial charge >= 0.3 is 0 Å². The number of nitrogens with zero attached hydrogens (tertiary/aromatic N) is 4. The van der Waals surface area contributed by atoms with Crippen molar-refractivity contribution in [3.05, 3.63) is 75.2 Å². The molecule has 0 bridgehead atoms. The molecule has 27 heavy (non-hydrogen) atoms. The lowest BCUT2D eigenvalue weighted by Gasteiger charge is -2.28. The third-order valence-corrected chi connectivity index (χ3v) is 6.33. The van der Waals surface area contributed by atoms with E-state index < -0.39 is 0 Å². The average Bonchev–Trinajstić information content (AvgIpc) is 3.36. The molecular formula is C21H22N4OS. The van der Waals surface area contributed by atoms with Gasteiger partial charge in [-0.1, -0.05) is 30.3 Å². The van der Waals surface area contributed by atoms with Crippen LogP contribution in [0.15, 0.2) is 47.8 Å². The largest absolute Gasteiger partial charge is 0.333 e. The maximum atomic E-state index is 13.0. The quantitative estimate of drug-likeness (QED) is 0.703. The monoisotopic (exact) mass is 378 g/mol. The molecule has 2 aliphatic rings. The van der Waals surface area contributed by atoms with Gasteiger partial charge in [0.25, 0.3) is 5.91 Å². The molecule has 6 heteroatoms. The number of carbonyl (C=O) groups excluding carboxylic acids is 1. The van der Waals surface area contributed by atoms with Gasteiger partial charge in [-0.3, -0.25) is 14.4 Å². The summed E-state index contributed by atoms with van der Waals surface area (Å²) in [4.78, 5) is 18.7. The second-order valence-corrected chi connectivity index (χ2v) is 8.31. The van der Waals surface area contributed by atoms with Crippen LogP contribution in [0, 0.1) is 0 Å². The highest BCUT2D eigenvalue weighted by Crippen LogP contribution is 2.22. The molecular weight excluding hydrogens is 356 g/mol. The Balaban J connectivity index is 1.30. The van der Waals surface area contributed by atoms with Crippen LogP contribution in [0.3, 0.4) is 0 Å². The molecule has 1 aromatic carbocycles. The number of carbonyl (C=O) groups is 1. The summed E-state index contributed by atoms with van der Waals surface area (Å²) in [6, 6.07) is 14.7. The van der Waals surface area contributed by atoms with Gasteiger partial charge in [-0.2, -0.15) is 5.10 Å². The van der Waals surface area contributed by atoms with Crippen LogP contribution >= 0.6 is 11.3 Å². The fourth-order valence-electron chi connectivity index (χ4n) is 4.01. The van der Waals surface area contributed by atoms with Crippen LogP contribution < -0.4 is 0 Å². The molecule has 138 valence electrons. The van der Waals surface area contributed by atoms with E-state index in [1.807, 2.05) is 21.7 Å². The van der Waals surface area contributed by atoms with Gasteiger partial charge in [-0.05, 0) is 35.1 Å². The molecule has 0 radical (unpaired) electrons. The number of hydrogen-bond acceptors (Lipinski definition) is 4. The first-order chi connectivity index (χ1) is 13.3. The molecule has 2 aliphatic heterocycles. The summed E-state index contributed by atoms with van der Waals surface area (Å²) in [6.07, 6.45) is 0.921. The van der Waals surface area contributed by atoms with E-state index in [1.165, 1.54) is 16.0 Å². The van der Waals surface area contributed by atoms with E-state index in [-0.39, 0.29) is 5.91 Å². The topological polar surface area (TPSA) is 41.4 Å². The Kier molecular flexibility index (Phi) is 4.30. The van der Waals surface area contributed by atoms with E-state index in [1.54, 1.807) is 11.3 Å². The van der Waals surface area contributed by atoms with E-state index >= 15 is 0 Å². The van der Waals surface area contributed by atoms with Crippen LogP contribution in [0.1, 0.15) is 32.2 Å². The number of amides is 1. The number of fused-ring (bicyclic) bond motifs is 2. The molecule has 1 amide bonds. The van der Waals surface area contributed by atoms with E-state index in [9.17, 15) is 4.79 Å². The lowest BCUT2D eigenvalue weighted by Crippen LogP contribution is -2.36. The Morgan fingerprint density at radius 1 is 1.04 bits per heavy atom. The van der Waals surface area contributed by atoms with Crippen molar-refractivity contribution >= 4 is 17.2 Å². The van der Waals surface area contributed by atoms with Crippen LogP contribution in [-0.4, -0.2) is 38.6 Å². The van der Waals surface area contributed by atoms with E-state index in [0.717, 1.165) is 44.8 Å². The average molecular weight is 379 g/mol. The second-order valence-electron chi connectivity index (χ2n) is 7.28. The minimum absolute atomic E-state index is 0.0520. The fraction of sp³-hybridized carbons (Fsp3) is 0.333. The van der Waals surface area contributed by atoms with Crippen molar-refractivity contribution in [3.63, 3.8) is 0 Å². The van der Waals surface area contributed by atoms with Crippen LogP contribution in [0.5, 0.6) is 0 Å². The molecule has 0 unspecified atom stereocenters. The summed E-state index contributed by atoms with van der Waals surface area (Å²) in [5, 5.41) is 6.74. The number of aromatic nitrogens is 2. The summed E-state index contributed by atoms with van der Waals surface area (Å²) in [5.41, 5.74) is 4.33. The highest BCUT2D eigenvalue weighted by Gasteiger charge is 2.26. The molecule has 5 nitrogen and oxygen atoms in total. The van der Waals surface area contributed by atoms with Crippen molar-refractivity contribution in [1.29, 1.82) is 0 Å². The zero-order valence-electron chi connectivity index (χ0n) is 15.2. The molecule has 4 heterocycles. The molecule has 0 N–H and O–H groups in total. The van der Waals surface area contributed by atoms with Crippen molar-refractivity contribution < 1.29 is 4.79 Å². The molecule has 0 spiro atoms. The molecule has 2 aromatic heterocycles. The van der Waals surface area contributed by atoms with Crippen LogP contribution in [0.25, 0.3) is 0 Å². The normalized spacial score (nSPS) is 16.8. The molecule has 3 aromatic rings. The van der Waals surface area contributed by atoms with Crippen molar-refractivity contribution in [2.45, 2.75) is 32.6 Å². The van der Waals surface area contributed by atoms with Gasteiger partial charge < -0.3 is 4.90 Å².